The number of rotatable bonds is 11. The molecule has 0 unspecified atom stereocenters. The second-order valence-corrected chi connectivity index (χ2v) is 10.2. The van der Waals surface area contributed by atoms with Gasteiger partial charge in [-0.2, -0.15) is 0 Å². The first-order chi connectivity index (χ1) is 17.9. The van der Waals surface area contributed by atoms with Crippen LogP contribution in [0.5, 0.6) is 0 Å². The highest BCUT2D eigenvalue weighted by molar-refractivity contribution is 7.13. The number of thiazole rings is 2. The van der Waals surface area contributed by atoms with Crippen molar-refractivity contribution in [2.24, 2.45) is 0 Å². The first-order valence-electron chi connectivity index (χ1n) is 11.6. The van der Waals surface area contributed by atoms with Gasteiger partial charge >= 0.3 is 0 Å². The molecular weight excluding hydrogens is 508 g/mol. The van der Waals surface area contributed by atoms with Crippen molar-refractivity contribution < 1.29 is 14.7 Å². The van der Waals surface area contributed by atoms with Gasteiger partial charge in [0.05, 0.1) is 36.9 Å². The Hall–Kier alpha value is -3.80. The summed E-state index contributed by atoms with van der Waals surface area (Å²) >= 11 is 2.60. The number of anilines is 3. The molecule has 2 amide bonds. The van der Waals surface area contributed by atoms with Gasteiger partial charge in [-0.1, -0.05) is 42.5 Å². The van der Waals surface area contributed by atoms with Crippen LogP contribution in [0.1, 0.15) is 28.6 Å². The van der Waals surface area contributed by atoms with Crippen LogP contribution in [0.4, 0.5) is 16.0 Å². The minimum absolute atomic E-state index is 0.116. The molecule has 4 aromatic rings. The van der Waals surface area contributed by atoms with Crippen molar-refractivity contribution in [1.29, 1.82) is 0 Å². The zero-order valence-corrected chi connectivity index (χ0v) is 21.7. The largest absolute Gasteiger partial charge is 0.387 e. The normalized spacial score (nSPS) is 11.7. The molecule has 2 heterocycles. The third-order valence-corrected chi connectivity index (χ3v) is 7.10. The van der Waals surface area contributed by atoms with Gasteiger partial charge in [0.15, 0.2) is 10.3 Å². The molecule has 0 fully saturated rings. The fraction of sp³-hybridized carbons (Fsp3) is 0.231. The quantitative estimate of drug-likeness (QED) is 0.230. The molecule has 4 rings (SSSR count). The molecule has 0 radical (unpaired) electrons. The Balaban J connectivity index is 1.36. The summed E-state index contributed by atoms with van der Waals surface area (Å²) in [5.41, 5.74) is 15.0. The SMILES string of the molecule is Nc1nc(CC(=O)Nc2ccc(CCN(C[C@H](O)c3ccccc3)C(=O)Cc3csc(N)n3)cc2)cs1. The summed E-state index contributed by atoms with van der Waals surface area (Å²) in [7, 11) is 0. The van der Waals surface area contributed by atoms with E-state index >= 15 is 0 Å². The van der Waals surface area contributed by atoms with Gasteiger partial charge in [0, 0.05) is 23.0 Å². The number of hydrogen-bond donors (Lipinski definition) is 4. The van der Waals surface area contributed by atoms with Crippen LogP contribution in [0.15, 0.2) is 65.4 Å². The lowest BCUT2D eigenvalue weighted by molar-refractivity contribution is -0.132. The Bertz CT molecular complexity index is 1320. The molecule has 0 aliphatic heterocycles. The number of aliphatic hydroxyl groups excluding tert-OH is 1. The maximum absolute atomic E-state index is 13.1. The number of carbonyl (C=O) groups is 2. The molecule has 0 saturated carbocycles. The average molecular weight is 537 g/mol. The van der Waals surface area contributed by atoms with Gasteiger partial charge in [0.1, 0.15) is 0 Å². The first kappa shape index (κ1) is 26.3. The van der Waals surface area contributed by atoms with E-state index in [0.29, 0.717) is 40.3 Å². The van der Waals surface area contributed by atoms with Gasteiger partial charge in [0.2, 0.25) is 11.8 Å². The molecular formula is C26H28N6O3S2. The lowest BCUT2D eigenvalue weighted by Gasteiger charge is -2.25. The monoisotopic (exact) mass is 536 g/mol. The highest BCUT2D eigenvalue weighted by Gasteiger charge is 2.20. The number of carbonyl (C=O) groups excluding carboxylic acids is 2. The highest BCUT2D eigenvalue weighted by atomic mass is 32.1. The molecule has 0 aliphatic rings. The maximum Gasteiger partial charge on any atom is 0.230 e. The third kappa shape index (κ3) is 7.84. The van der Waals surface area contributed by atoms with Gasteiger partial charge in [-0.15, -0.1) is 22.7 Å². The zero-order chi connectivity index (χ0) is 26.2. The molecule has 9 nitrogen and oxygen atoms in total. The number of benzene rings is 2. The molecule has 11 heteroatoms. The van der Waals surface area contributed by atoms with Crippen molar-refractivity contribution in [2.75, 3.05) is 29.9 Å². The smallest absolute Gasteiger partial charge is 0.230 e. The number of nitrogens with one attached hydrogen (secondary N) is 1. The lowest BCUT2D eigenvalue weighted by atomic mass is 10.1. The van der Waals surface area contributed by atoms with Gasteiger partial charge in [-0.3, -0.25) is 9.59 Å². The summed E-state index contributed by atoms with van der Waals surface area (Å²) in [6.07, 6.45) is 0.0427. The van der Waals surface area contributed by atoms with Crippen molar-refractivity contribution in [1.82, 2.24) is 14.9 Å². The number of aliphatic hydroxyl groups is 1. The predicted octanol–water partition coefficient (Wildman–Crippen LogP) is 3.29. The van der Waals surface area contributed by atoms with Crippen molar-refractivity contribution in [3.05, 3.63) is 87.9 Å². The van der Waals surface area contributed by atoms with Crippen LogP contribution < -0.4 is 16.8 Å². The number of nitrogens with two attached hydrogens (primary N) is 2. The molecule has 2 aromatic heterocycles. The minimum Gasteiger partial charge on any atom is -0.387 e. The number of nitrogen functional groups attached to an aromatic ring is 2. The van der Waals surface area contributed by atoms with Crippen molar-refractivity contribution >= 4 is 50.4 Å². The Kier molecular flexibility index (Phi) is 8.83. The summed E-state index contributed by atoms with van der Waals surface area (Å²) in [4.78, 5) is 35.3. The lowest BCUT2D eigenvalue weighted by Crippen LogP contribution is -2.37. The number of hydrogen-bond acceptors (Lipinski definition) is 9. The molecule has 6 N–H and O–H groups in total. The molecule has 0 saturated heterocycles. The van der Waals surface area contributed by atoms with E-state index < -0.39 is 6.10 Å². The summed E-state index contributed by atoms with van der Waals surface area (Å²) < 4.78 is 0. The molecule has 2 aromatic carbocycles. The van der Waals surface area contributed by atoms with Crippen molar-refractivity contribution in [3.63, 3.8) is 0 Å². The first-order valence-corrected chi connectivity index (χ1v) is 13.4. The summed E-state index contributed by atoms with van der Waals surface area (Å²) in [5, 5.41) is 18.0. The van der Waals surface area contributed by atoms with E-state index in [0.717, 1.165) is 11.1 Å². The Morgan fingerprint density at radius 3 is 2.14 bits per heavy atom. The van der Waals surface area contributed by atoms with Gasteiger partial charge in [0.25, 0.3) is 0 Å². The molecule has 192 valence electrons. The van der Waals surface area contributed by atoms with Gasteiger partial charge in [-0.25, -0.2) is 9.97 Å². The average Bonchev–Trinajstić information content (AvgIpc) is 3.49. The number of aromatic nitrogens is 2. The van der Waals surface area contributed by atoms with E-state index in [4.69, 9.17) is 11.5 Å². The van der Waals surface area contributed by atoms with Crippen LogP contribution in [0.2, 0.25) is 0 Å². The summed E-state index contributed by atoms with van der Waals surface area (Å²) in [6, 6.07) is 16.7. The summed E-state index contributed by atoms with van der Waals surface area (Å²) in [6.45, 7) is 0.580. The van der Waals surface area contributed by atoms with E-state index in [9.17, 15) is 14.7 Å². The number of amides is 2. The Morgan fingerprint density at radius 2 is 1.54 bits per heavy atom. The Morgan fingerprint density at radius 1 is 0.919 bits per heavy atom. The number of nitrogens with zero attached hydrogens (tertiary/aromatic N) is 3. The van der Waals surface area contributed by atoms with Crippen LogP contribution in [-0.2, 0) is 28.9 Å². The van der Waals surface area contributed by atoms with E-state index in [-0.39, 0.29) is 31.2 Å². The van der Waals surface area contributed by atoms with E-state index in [1.807, 2.05) is 54.6 Å². The van der Waals surface area contributed by atoms with E-state index in [2.05, 4.69) is 15.3 Å². The molecule has 37 heavy (non-hydrogen) atoms. The van der Waals surface area contributed by atoms with Crippen LogP contribution in [0, 0.1) is 0 Å². The molecule has 0 spiro atoms. The van der Waals surface area contributed by atoms with Crippen molar-refractivity contribution in [2.45, 2.75) is 25.4 Å². The van der Waals surface area contributed by atoms with Gasteiger partial charge < -0.3 is 26.8 Å². The van der Waals surface area contributed by atoms with Crippen LogP contribution >= 0.6 is 22.7 Å². The van der Waals surface area contributed by atoms with E-state index in [1.165, 1.54) is 22.7 Å². The van der Waals surface area contributed by atoms with Gasteiger partial charge in [-0.05, 0) is 29.7 Å². The maximum atomic E-state index is 13.1. The van der Waals surface area contributed by atoms with Crippen LogP contribution in [0.25, 0.3) is 0 Å². The minimum atomic E-state index is -0.809. The second-order valence-electron chi connectivity index (χ2n) is 8.47. The molecule has 1 atom stereocenters. The van der Waals surface area contributed by atoms with E-state index in [1.54, 1.807) is 15.7 Å². The predicted molar refractivity (Wildman–Crippen MR) is 147 cm³/mol. The Labute approximate surface area is 222 Å². The fourth-order valence-electron chi connectivity index (χ4n) is 3.77. The van der Waals surface area contributed by atoms with Crippen molar-refractivity contribution in [3.8, 4) is 0 Å². The zero-order valence-electron chi connectivity index (χ0n) is 20.0. The summed E-state index contributed by atoms with van der Waals surface area (Å²) in [5.74, 6) is -0.306. The second kappa shape index (κ2) is 12.4. The molecule has 0 bridgehead atoms. The topological polar surface area (TPSA) is 147 Å². The highest BCUT2D eigenvalue weighted by Crippen LogP contribution is 2.18. The van der Waals surface area contributed by atoms with Crippen LogP contribution in [0.3, 0.4) is 0 Å². The third-order valence-electron chi connectivity index (χ3n) is 5.65. The van der Waals surface area contributed by atoms with Crippen LogP contribution in [-0.4, -0.2) is 44.9 Å². The molecule has 0 aliphatic carbocycles. The fourth-order valence-corrected chi connectivity index (χ4v) is 4.90. The standard InChI is InChI=1S/C26H28N6O3S2/c27-25-30-20(15-36-25)12-23(34)29-19-8-6-17(7-9-19)10-11-32(14-22(33)18-4-2-1-3-5-18)24(35)13-21-16-37-26(28)31-21/h1-9,15-16,22,33H,10-14H2,(H2,27,30)(H2,28,31)(H,29,34)/t22-/m0/s1.